The second kappa shape index (κ2) is 10.1. The van der Waals surface area contributed by atoms with Crippen molar-refractivity contribution in [3.05, 3.63) is 39.8 Å². The van der Waals surface area contributed by atoms with Gasteiger partial charge in [0.1, 0.15) is 5.00 Å². The van der Waals surface area contributed by atoms with Crippen LogP contribution in [0.15, 0.2) is 18.2 Å². The van der Waals surface area contributed by atoms with Gasteiger partial charge in [0.25, 0.3) is 5.91 Å². The molecule has 0 saturated carbocycles. The first kappa shape index (κ1) is 23.0. The van der Waals surface area contributed by atoms with Gasteiger partial charge in [-0.25, -0.2) is 0 Å². The minimum Gasteiger partial charge on any atom is -0.490 e. The van der Waals surface area contributed by atoms with Gasteiger partial charge in [-0.1, -0.05) is 6.07 Å². The van der Waals surface area contributed by atoms with Gasteiger partial charge in [0.05, 0.1) is 18.7 Å². The monoisotopic (exact) mass is 453 g/mol. The van der Waals surface area contributed by atoms with Crippen LogP contribution in [0.1, 0.15) is 39.7 Å². The van der Waals surface area contributed by atoms with Crippen molar-refractivity contribution in [3.63, 3.8) is 0 Å². The fourth-order valence-corrected chi connectivity index (χ4v) is 4.96. The fraction of sp³-hybridized carbons (Fsp3) is 0.429. The normalized spacial score (nSPS) is 12.8. The van der Waals surface area contributed by atoms with Gasteiger partial charge in [0, 0.05) is 11.4 Å². The molecule has 3 rings (SSSR count). The van der Waals surface area contributed by atoms with E-state index in [1.165, 1.54) is 17.4 Å². The van der Waals surface area contributed by atoms with Gasteiger partial charge in [-0.05, 0) is 56.5 Å². The highest BCUT2D eigenvalue weighted by Gasteiger charge is 2.26. The van der Waals surface area contributed by atoms with Crippen LogP contribution in [0.25, 0.3) is 0 Å². The van der Waals surface area contributed by atoms with Crippen LogP contribution in [0.5, 0.6) is 11.5 Å². The quantitative estimate of drug-likeness (QED) is 0.575. The van der Waals surface area contributed by atoms with E-state index in [1.807, 2.05) is 0 Å². The second-order valence-electron chi connectivity index (χ2n) is 7.24. The lowest BCUT2D eigenvalue weighted by molar-refractivity contribution is -0.117. The lowest BCUT2D eigenvalue weighted by Crippen LogP contribution is -2.30. The Balaban J connectivity index is 1.63. The summed E-state index contributed by atoms with van der Waals surface area (Å²) in [5.74, 6) is -0.617. The molecule has 0 aliphatic heterocycles. The van der Waals surface area contributed by atoms with E-state index in [4.69, 9.17) is 10.5 Å². The third-order valence-electron chi connectivity index (χ3n) is 4.81. The van der Waals surface area contributed by atoms with E-state index >= 15 is 0 Å². The third kappa shape index (κ3) is 5.71. The Morgan fingerprint density at radius 1 is 1.29 bits per heavy atom. The van der Waals surface area contributed by atoms with E-state index in [0.29, 0.717) is 23.7 Å². The van der Waals surface area contributed by atoms with Gasteiger partial charge >= 0.3 is 6.61 Å². The predicted octanol–water partition coefficient (Wildman–Crippen LogP) is 3.41. The van der Waals surface area contributed by atoms with Crippen LogP contribution in [-0.2, 0) is 24.2 Å². The Hall–Kier alpha value is -2.72. The third-order valence-corrected chi connectivity index (χ3v) is 6.02. The standard InChI is InChI=1S/C21H25F2N3O4S/c1-3-29-15-9-12(7-8-14(15)30-21(22)23)10-26(2)11-17(27)25-20-18(19(24)28)13-5-4-6-16(13)31-20/h7-9,21H,3-6,10-11H2,1-2H3,(H2,24,28)(H,25,27). The molecule has 2 aromatic rings. The number of nitrogens with two attached hydrogens (primary N) is 1. The van der Waals surface area contributed by atoms with Crippen molar-refractivity contribution in [1.29, 1.82) is 0 Å². The number of nitrogens with zero attached hydrogens (tertiary/aromatic N) is 1. The smallest absolute Gasteiger partial charge is 0.387 e. The number of fused-ring (bicyclic) bond motifs is 1. The molecule has 31 heavy (non-hydrogen) atoms. The molecule has 10 heteroatoms. The van der Waals surface area contributed by atoms with Crippen molar-refractivity contribution in [2.45, 2.75) is 39.3 Å². The predicted molar refractivity (Wildman–Crippen MR) is 114 cm³/mol. The lowest BCUT2D eigenvalue weighted by Gasteiger charge is -2.18. The largest absolute Gasteiger partial charge is 0.490 e. The number of benzene rings is 1. The SMILES string of the molecule is CCOc1cc(CN(C)CC(=O)Nc2sc3c(c2C(N)=O)CCC3)ccc1OC(F)F. The van der Waals surface area contributed by atoms with Crippen molar-refractivity contribution in [3.8, 4) is 11.5 Å². The molecule has 0 fully saturated rings. The number of likely N-dealkylation sites (N-methyl/N-ethyl adjacent to an activating group) is 1. The summed E-state index contributed by atoms with van der Waals surface area (Å²) in [6, 6.07) is 4.68. The molecule has 1 aromatic carbocycles. The number of ether oxygens (including phenoxy) is 2. The first-order chi connectivity index (χ1) is 14.8. The fourth-order valence-electron chi connectivity index (χ4n) is 3.64. The number of rotatable bonds is 10. The van der Waals surface area contributed by atoms with Gasteiger partial charge < -0.3 is 20.5 Å². The van der Waals surface area contributed by atoms with Crippen LogP contribution in [-0.4, -0.2) is 43.5 Å². The topological polar surface area (TPSA) is 93.9 Å². The molecular formula is C21H25F2N3O4S. The summed E-state index contributed by atoms with van der Waals surface area (Å²) in [6.07, 6.45) is 2.68. The zero-order valence-electron chi connectivity index (χ0n) is 17.4. The highest BCUT2D eigenvalue weighted by Crippen LogP contribution is 2.38. The summed E-state index contributed by atoms with van der Waals surface area (Å²) in [4.78, 5) is 27.3. The molecule has 0 spiro atoms. The molecule has 0 radical (unpaired) electrons. The number of anilines is 1. The maximum atomic E-state index is 12.5. The maximum Gasteiger partial charge on any atom is 0.387 e. The second-order valence-corrected chi connectivity index (χ2v) is 8.34. The van der Waals surface area contributed by atoms with E-state index < -0.39 is 12.5 Å². The number of carbonyl (C=O) groups excluding carboxylic acids is 2. The van der Waals surface area contributed by atoms with Gasteiger partial charge in [-0.15, -0.1) is 11.3 Å². The highest BCUT2D eigenvalue weighted by molar-refractivity contribution is 7.17. The Morgan fingerprint density at radius 2 is 2.06 bits per heavy atom. The van der Waals surface area contributed by atoms with Crippen molar-refractivity contribution in [1.82, 2.24) is 4.90 Å². The van der Waals surface area contributed by atoms with Gasteiger partial charge in [0.2, 0.25) is 5.91 Å². The number of hydrogen-bond donors (Lipinski definition) is 2. The average molecular weight is 454 g/mol. The van der Waals surface area contributed by atoms with Gasteiger partial charge in [0.15, 0.2) is 11.5 Å². The molecule has 1 aromatic heterocycles. The summed E-state index contributed by atoms with van der Waals surface area (Å²) in [7, 11) is 1.76. The Bertz CT molecular complexity index is 964. The van der Waals surface area contributed by atoms with Gasteiger partial charge in [-0.3, -0.25) is 14.5 Å². The molecular weight excluding hydrogens is 428 g/mol. The zero-order chi connectivity index (χ0) is 22.5. The summed E-state index contributed by atoms with van der Waals surface area (Å²) in [5.41, 5.74) is 7.68. The van der Waals surface area contributed by atoms with E-state index in [1.54, 1.807) is 31.0 Å². The van der Waals surface area contributed by atoms with Crippen molar-refractivity contribution < 1.29 is 27.8 Å². The molecule has 1 aliphatic carbocycles. The van der Waals surface area contributed by atoms with Crippen LogP contribution in [0.2, 0.25) is 0 Å². The Kier molecular flexibility index (Phi) is 7.45. The number of nitrogens with one attached hydrogen (secondary N) is 1. The van der Waals surface area contributed by atoms with E-state index in [0.717, 1.165) is 35.3 Å². The van der Waals surface area contributed by atoms with Crippen LogP contribution in [0, 0.1) is 0 Å². The maximum absolute atomic E-state index is 12.5. The molecule has 2 amide bonds. The number of carbonyl (C=O) groups is 2. The number of primary amides is 1. The summed E-state index contributed by atoms with van der Waals surface area (Å²) < 4.78 is 35.0. The van der Waals surface area contributed by atoms with Crippen LogP contribution < -0.4 is 20.5 Å². The lowest BCUT2D eigenvalue weighted by atomic mass is 10.1. The number of thiophene rings is 1. The molecule has 1 heterocycles. The number of alkyl halides is 2. The number of aryl methyl sites for hydroxylation is 1. The highest BCUT2D eigenvalue weighted by atomic mass is 32.1. The average Bonchev–Trinajstić information content (AvgIpc) is 3.23. The molecule has 1 aliphatic rings. The molecule has 0 bridgehead atoms. The first-order valence-electron chi connectivity index (χ1n) is 9.91. The molecule has 0 atom stereocenters. The minimum atomic E-state index is -2.94. The van der Waals surface area contributed by atoms with Crippen LogP contribution in [0.3, 0.4) is 0 Å². The molecule has 3 N–H and O–H groups in total. The number of amides is 2. The number of halogens is 2. The molecule has 168 valence electrons. The van der Waals surface area contributed by atoms with Crippen molar-refractivity contribution in [2.75, 3.05) is 25.5 Å². The van der Waals surface area contributed by atoms with Gasteiger partial charge in [-0.2, -0.15) is 8.78 Å². The molecule has 0 saturated heterocycles. The number of hydrogen-bond acceptors (Lipinski definition) is 6. The Morgan fingerprint density at radius 3 is 2.74 bits per heavy atom. The molecule has 0 unspecified atom stereocenters. The minimum absolute atomic E-state index is 0.0364. The summed E-state index contributed by atoms with van der Waals surface area (Å²) >= 11 is 1.41. The van der Waals surface area contributed by atoms with E-state index in [2.05, 4.69) is 10.1 Å². The summed E-state index contributed by atoms with van der Waals surface area (Å²) in [5, 5.41) is 3.31. The Labute approximate surface area is 183 Å². The van der Waals surface area contributed by atoms with Crippen LogP contribution in [0.4, 0.5) is 13.8 Å². The van der Waals surface area contributed by atoms with E-state index in [-0.39, 0.29) is 24.0 Å². The van der Waals surface area contributed by atoms with Crippen molar-refractivity contribution >= 4 is 28.2 Å². The van der Waals surface area contributed by atoms with E-state index in [9.17, 15) is 18.4 Å². The zero-order valence-corrected chi connectivity index (χ0v) is 18.2. The van der Waals surface area contributed by atoms with Crippen molar-refractivity contribution in [2.24, 2.45) is 5.73 Å². The van der Waals surface area contributed by atoms with Crippen LogP contribution >= 0.6 is 11.3 Å². The molecule has 7 nitrogen and oxygen atoms in total. The first-order valence-corrected chi connectivity index (χ1v) is 10.7. The summed E-state index contributed by atoms with van der Waals surface area (Å²) in [6.45, 7) is -0.448.